The molecule has 2 heterocycles. The predicted octanol–water partition coefficient (Wildman–Crippen LogP) is 4.42. The third kappa shape index (κ3) is 5.03. The summed E-state index contributed by atoms with van der Waals surface area (Å²) < 4.78 is 15.6. The quantitative estimate of drug-likeness (QED) is 0.353. The van der Waals surface area contributed by atoms with Crippen molar-refractivity contribution in [2.24, 2.45) is 11.7 Å². The summed E-state index contributed by atoms with van der Waals surface area (Å²) >= 11 is 12.5. The molecule has 12 heteroatoms. The van der Waals surface area contributed by atoms with Crippen molar-refractivity contribution in [1.82, 2.24) is 19.5 Å². The van der Waals surface area contributed by atoms with Crippen LogP contribution in [0.25, 0.3) is 11.2 Å². The Morgan fingerprint density at radius 1 is 1.26 bits per heavy atom. The van der Waals surface area contributed by atoms with Crippen molar-refractivity contribution in [3.05, 3.63) is 34.2 Å². The molecule has 0 unspecified atom stereocenters. The zero-order valence-corrected chi connectivity index (χ0v) is 20.1. The van der Waals surface area contributed by atoms with E-state index in [-0.39, 0.29) is 40.6 Å². The Balaban J connectivity index is 1.76. The lowest BCUT2D eigenvalue weighted by atomic mass is 9.85. The lowest BCUT2D eigenvalue weighted by Gasteiger charge is -2.29. The minimum Gasteiger partial charge on any atom is -0.394 e. The Labute approximate surface area is 205 Å². The van der Waals surface area contributed by atoms with Crippen LogP contribution in [0.2, 0.25) is 10.0 Å². The number of amides is 1. The van der Waals surface area contributed by atoms with E-state index in [0.717, 1.165) is 0 Å². The van der Waals surface area contributed by atoms with Gasteiger partial charge in [0.2, 0.25) is 17.8 Å². The second-order valence-electron chi connectivity index (χ2n) is 8.42. The second-order valence-corrected chi connectivity index (χ2v) is 9.23. The highest BCUT2D eigenvalue weighted by atomic mass is 35.5. The fourth-order valence-corrected chi connectivity index (χ4v) is 4.80. The number of anilines is 3. The van der Waals surface area contributed by atoms with Gasteiger partial charge in [-0.15, -0.1) is 0 Å². The van der Waals surface area contributed by atoms with Crippen LogP contribution < -0.4 is 16.4 Å². The van der Waals surface area contributed by atoms with Gasteiger partial charge in [0.05, 0.1) is 34.6 Å². The summed E-state index contributed by atoms with van der Waals surface area (Å²) in [4.78, 5) is 25.3. The highest BCUT2D eigenvalue weighted by Gasteiger charge is 2.29. The van der Waals surface area contributed by atoms with E-state index in [0.29, 0.717) is 60.9 Å². The lowest BCUT2D eigenvalue weighted by molar-refractivity contribution is -0.122. The molecule has 34 heavy (non-hydrogen) atoms. The van der Waals surface area contributed by atoms with Gasteiger partial charge in [0.1, 0.15) is 11.3 Å². The average molecular weight is 510 g/mol. The number of primary amides is 1. The molecule has 9 nitrogen and oxygen atoms in total. The molecule has 1 aliphatic rings. The molecule has 0 radical (unpaired) electrons. The van der Waals surface area contributed by atoms with Gasteiger partial charge in [-0.1, -0.05) is 30.1 Å². The van der Waals surface area contributed by atoms with Crippen molar-refractivity contribution < 1.29 is 14.3 Å². The van der Waals surface area contributed by atoms with E-state index in [2.05, 4.69) is 25.6 Å². The number of nitrogens with zero attached hydrogens (tertiary/aromatic N) is 4. The van der Waals surface area contributed by atoms with Crippen LogP contribution in [0.1, 0.15) is 45.1 Å². The van der Waals surface area contributed by atoms with E-state index < -0.39 is 5.82 Å². The molecular formula is C22H26Cl2FN7O2. The van der Waals surface area contributed by atoms with Crippen LogP contribution in [-0.4, -0.2) is 43.2 Å². The van der Waals surface area contributed by atoms with E-state index in [1.54, 1.807) is 6.20 Å². The first kappa shape index (κ1) is 24.4. The molecule has 0 bridgehead atoms. The molecule has 5 N–H and O–H groups in total. The first-order chi connectivity index (χ1) is 16.3. The fourth-order valence-electron chi connectivity index (χ4n) is 4.25. The van der Waals surface area contributed by atoms with Gasteiger partial charge >= 0.3 is 0 Å². The number of imidazole rings is 1. The number of carbonyl (C=O) groups excluding carboxylic acids is 1. The van der Waals surface area contributed by atoms with Gasteiger partial charge in [-0.25, -0.2) is 14.4 Å². The standard InChI is InChI=1S/C22H26Cl2FN7O2/c1-2-13(10-33)28-21-27-9-17-20(31-21)32(14-5-3-11(4-6-14)19(26)34)22(29-17)30-18-15(23)7-12(25)8-16(18)24/h7-9,11,13-14,33H,2-6,10H2,1H3,(H2,26,34)(H,29,30)(H,27,28,31)/t11-,13-,14-/m1/s1. The summed E-state index contributed by atoms with van der Waals surface area (Å²) in [6, 6.07) is 2.13. The van der Waals surface area contributed by atoms with E-state index in [9.17, 15) is 14.3 Å². The maximum Gasteiger partial charge on any atom is 0.225 e. The van der Waals surface area contributed by atoms with Crippen LogP contribution in [-0.2, 0) is 4.79 Å². The van der Waals surface area contributed by atoms with E-state index in [4.69, 9.17) is 28.9 Å². The normalized spacial score (nSPS) is 19.2. The van der Waals surface area contributed by atoms with Gasteiger partial charge in [0, 0.05) is 12.0 Å². The second kappa shape index (κ2) is 10.3. The summed E-state index contributed by atoms with van der Waals surface area (Å²) in [6.45, 7) is 1.90. The molecule has 3 aromatic rings. The summed E-state index contributed by atoms with van der Waals surface area (Å²) in [5, 5.41) is 16.0. The first-order valence-electron chi connectivity index (χ1n) is 11.1. The fraction of sp³-hybridized carbons (Fsp3) is 0.455. The predicted molar refractivity (Wildman–Crippen MR) is 130 cm³/mol. The molecule has 1 fully saturated rings. The molecule has 0 saturated heterocycles. The number of benzene rings is 1. The minimum absolute atomic E-state index is 0.0244. The molecule has 0 spiro atoms. The number of carbonyl (C=O) groups is 1. The molecule has 2 aromatic heterocycles. The van der Waals surface area contributed by atoms with Crippen molar-refractivity contribution in [1.29, 1.82) is 0 Å². The number of halogens is 3. The zero-order chi connectivity index (χ0) is 24.4. The molecule has 1 aromatic carbocycles. The molecule has 1 saturated carbocycles. The van der Waals surface area contributed by atoms with Crippen LogP contribution in [0.15, 0.2) is 18.3 Å². The van der Waals surface area contributed by atoms with Crippen LogP contribution in [0.3, 0.4) is 0 Å². The smallest absolute Gasteiger partial charge is 0.225 e. The van der Waals surface area contributed by atoms with Crippen LogP contribution >= 0.6 is 23.2 Å². The molecule has 0 aliphatic heterocycles. The minimum atomic E-state index is -0.547. The Hall–Kier alpha value is -2.69. The maximum atomic E-state index is 13.7. The van der Waals surface area contributed by atoms with Crippen LogP contribution in [0, 0.1) is 11.7 Å². The highest BCUT2D eigenvalue weighted by molar-refractivity contribution is 6.39. The molecular weight excluding hydrogens is 484 g/mol. The number of aromatic nitrogens is 4. The molecule has 1 atom stereocenters. The molecule has 4 rings (SSSR count). The Bertz CT molecular complexity index is 1170. The van der Waals surface area contributed by atoms with Gasteiger partial charge in [-0.05, 0) is 44.2 Å². The van der Waals surface area contributed by atoms with E-state index >= 15 is 0 Å². The van der Waals surface area contributed by atoms with Crippen molar-refractivity contribution in [3.63, 3.8) is 0 Å². The molecule has 182 valence electrons. The largest absolute Gasteiger partial charge is 0.394 e. The third-order valence-corrected chi connectivity index (χ3v) is 6.78. The SMILES string of the molecule is CC[C@H](CO)Nc1ncc2nc(Nc3c(Cl)cc(F)cc3Cl)n([C@H]3CC[C@H](C(N)=O)CC3)c2n1. The number of fused-ring (bicyclic) bond motifs is 1. The van der Waals surface area contributed by atoms with Gasteiger partial charge in [-0.2, -0.15) is 4.98 Å². The summed E-state index contributed by atoms with van der Waals surface area (Å²) in [5.74, 6) is -0.209. The van der Waals surface area contributed by atoms with Crippen molar-refractivity contribution >= 4 is 57.9 Å². The maximum absolute atomic E-state index is 13.7. The number of aliphatic hydroxyl groups is 1. The summed E-state index contributed by atoms with van der Waals surface area (Å²) in [5.41, 5.74) is 6.95. The van der Waals surface area contributed by atoms with E-state index in [1.807, 2.05) is 11.5 Å². The van der Waals surface area contributed by atoms with Crippen molar-refractivity contribution in [2.45, 2.75) is 51.1 Å². The third-order valence-electron chi connectivity index (χ3n) is 6.19. The monoisotopic (exact) mass is 509 g/mol. The van der Waals surface area contributed by atoms with Crippen molar-refractivity contribution in [2.75, 3.05) is 17.2 Å². The molecule has 1 aliphatic carbocycles. The Morgan fingerprint density at radius 3 is 2.53 bits per heavy atom. The number of rotatable bonds is 8. The Kier molecular flexibility index (Phi) is 7.39. The number of hydrogen-bond donors (Lipinski definition) is 4. The van der Waals surface area contributed by atoms with Gasteiger partial charge in [0.15, 0.2) is 5.65 Å². The van der Waals surface area contributed by atoms with Gasteiger partial charge in [0.25, 0.3) is 0 Å². The number of aliphatic hydroxyl groups excluding tert-OH is 1. The zero-order valence-electron chi connectivity index (χ0n) is 18.6. The van der Waals surface area contributed by atoms with Crippen LogP contribution in [0.4, 0.5) is 22.0 Å². The topological polar surface area (TPSA) is 131 Å². The first-order valence-corrected chi connectivity index (χ1v) is 11.9. The average Bonchev–Trinajstić information content (AvgIpc) is 3.17. The summed E-state index contributed by atoms with van der Waals surface area (Å²) in [6.07, 6.45) is 4.98. The van der Waals surface area contributed by atoms with Crippen LogP contribution in [0.5, 0.6) is 0 Å². The van der Waals surface area contributed by atoms with Gasteiger partial charge < -0.3 is 21.5 Å². The number of hydrogen-bond acceptors (Lipinski definition) is 7. The van der Waals surface area contributed by atoms with Gasteiger partial charge in [-0.3, -0.25) is 9.36 Å². The summed E-state index contributed by atoms with van der Waals surface area (Å²) in [7, 11) is 0. The number of nitrogens with one attached hydrogen (secondary N) is 2. The molecule has 1 amide bonds. The lowest BCUT2D eigenvalue weighted by Crippen LogP contribution is -2.29. The van der Waals surface area contributed by atoms with Crippen molar-refractivity contribution in [3.8, 4) is 0 Å². The number of nitrogens with two attached hydrogens (primary N) is 1. The Morgan fingerprint density at radius 2 is 1.94 bits per heavy atom. The van der Waals surface area contributed by atoms with E-state index in [1.165, 1.54) is 12.1 Å². The highest BCUT2D eigenvalue weighted by Crippen LogP contribution is 2.39.